The molecule has 0 N–H and O–H groups in total. The molecule has 0 aliphatic rings. The number of benzene rings is 2. The molecule has 0 bridgehead atoms. The zero-order valence-electron chi connectivity index (χ0n) is 13.7. The van der Waals surface area contributed by atoms with Crippen molar-refractivity contribution >= 4 is 0 Å². The maximum atomic E-state index is 12.2. The standard InChI is InChI=1S/C20H20N2O/c1-14-8-9-15(2)17(12-14)13-22-20(23)11-10-19(21-22)18-7-5-4-6-16(18)3/h4-12H,13H2,1-3H3. The number of hydrogen-bond donors (Lipinski definition) is 0. The van der Waals surface area contributed by atoms with Gasteiger partial charge in [0.05, 0.1) is 12.2 Å². The molecular weight excluding hydrogens is 284 g/mol. The number of hydrogen-bond acceptors (Lipinski definition) is 2. The number of rotatable bonds is 3. The topological polar surface area (TPSA) is 34.9 Å². The van der Waals surface area contributed by atoms with E-state index in [0.717, 1.165) is 22.4 Å². The highest BCUT2D eigenvalue weighted by Crippen LogP contribution is 2.20. The van der Waals surface area contributed by atoms with Crippen LogP contribution in [0.3, 0.4) is 0 Å². The van der Waals surface area contributed by atoms with E-state index in [0.29, 0.717) is 6.54 Å². The van der Waals surface area contributed by atoms with Gasteiger partial charge in [-0.3, -0.25) is 4.79 Å². The van der Waals surface area contributed by atoms with E-state index in [-0.39, 0.29) is 5.56 Å². The zero-order valence-corrected chi connectivity index (χ0v) is 13.7. The molecule has 0 atom stereocenters. The van der Waals surface area contributed by atoms with E-state index in [1.807, 2.05) is 18.2 Å². The van der Waals surface area contributed by atoms with Crippen LogP contribution in [0, 0.1) is 20.8 Å². The van der Waals surface area contributed by atoms with Crippen LogP contribution in [0.15, 0.2) is 59.4 Å². The second-order valence-electron chi connectivity index (χ2n) is 5.96. The molecule has 0 radical (unpaired) electrons. The van der Waals surface area contributed by atoms with Gasteiger partial charge in [-0.05, 0) is 43.5 Å². The summed E-state index contributed by atoms with van der Waals surface area (Å²) in [7, 11) is 0. The van der Waals surface area contributed by atoms with Gasteiger partial charge in [0.1, 0.15) is 0 Å². The van der Waals surface area contributed by atoms with Gasteiger partial charge in [0.2, 0.25) is 0 Å². The van der Waals surface area contributed by atoms with Crippen LogP contribution in [0.1, 0.15) is 22.3 Å². The molecule has 0 aliphatic heterocycles. The van der Waals surface area contributed by atoms with Crippen LogP contribution in [0.25, 0.3) is 11.3 Å². The van der Waals surface area contributed by atoms with Gasteiger partial charge in [-0.25, -0.2) is 4.68 Å². The quantitative estimate of drug-likeness (QED) is 0.736. The van der Waals surface area contributed by atoms with Gasteiger partial charge in [-0.2, -0.15) is 5.10 Å². The molecule has 23 heavy (non-hydrogen) atoms. The molecule has 116 valence electrons. The summed E-state index contributed by atoms with van der Waals surface area (Å²) in [6.45, 7) is 6.66. The highest BCUT2D eigenvalue weighted by molar-refractivity contribution is 5.62. The fourth-order valence-corrected chi connectivity index (χ4v) is 2.70. The Kier molecular flexibility index (Phi) is 4.11. The van der Waals surface area contributed by atoms with E-state index in [4.69, 9.17) is 0 Å². The van der Waals surface area contributed by atoms with E-state index in [1.165, 1.54) is 11.1 Å². The average Bonchev–Trinajstić information content (AvgIpc) is 2.53. The van der Waals surface area contributed by atoms with Crippen molar-refractivity contribution in [2.45, 2.75) is 27.3 Å². The van der Waals surface area contributed by atoms with Crippen LogP contribution < -0.4 is 5.56 Å². The van der Waals surface area contributed by atoms with Crippen molar-refractivity contribution in [1.82, 2.24) is 9.78 Å². The highest BCUT2D eigenvalue weighted by Gasteiger charge is 2.07. The largest absolute Gasteiger partial charge is 0.268 e. The van der Waals surface area contributed by atoms with Crippen LogP contribution in [0.4, 0.5) is 0 Å². The minimum absolute atomic E-state index is 0.0803. The van der Waals surface area contributed by atoms with Gasteiger partial charge < -0.3 is 0 Å². The summed E-state index contributed by atoms with van der Waals surface area (Å²) >= 11 is 0. The summed E-state index contributed by atoms with van der Waals surface area (Å²) in [5.74, 6) is 0. The summed E-state index contributed by atoms with van der Waals surface area (Å²) < 4.78 is 1.55. The molecule has 0 spiro atoms. The molecule has 0 amide bonds. The zero-order chi connectivity index (χ0) is 16.4. The van der Waals surface area contributed by atoms with E-state index < -0.39 is 0 Å². The molecule has 3 rings (SSSR count). The normalized spacial score (nSPS) is 10.7. The molecule has 3 nitrogen and oxygen atoms in total. The maximum Gasteiger partial charge on any atom is 0.267 e. The second-order valence-corrected chi connectivity index (χ2v) is 5.96. The Morgan fingerprint density at radius 1 is 0.913 bits per heavy atom. The lowest BCUT2D eigenvalue weighted by Gasteiger charge is -2.11. The summed E-state index contributed by atoms with van der Waals surface area (Å²) in [4.78, 5) is 12.2. The molecule has 3 heteroatoms. The van der Waals surface area contributed by atoms with Gasteiger partial charge >= 0.3 is 0 Å². The third-order valence-electron chi connectivity index (χ3n) is 4.11. The van der Waals surface area contributed by atoms with Crippen molar-refractivity contribution in [3.63, 3.8) is 0 Å². The fraction of sp³-hybridized carbons (Fsp3) is 0.200. The SMILES string of the molecule is Cc1ccc(C)c(Cn2nc(-c3ccccc3C)ccc2=O)c1. The summed E-state index contributed by atoms with van der Waals surface area (Å²) in [5.41, 5.74) is 6.44. The Hall–Kier alpha value is -2.68. The molecule has 1 heterocycles. The molecule has 0 unspecified atom stereocenters. The van der Waals surface area contributed by atoms with Crippen LogP contribution in [-0.2, 0) is 6.54 Å². The molecule has 0 saturated carbocycles. The lowest BCUT2D eigenvalue weighted by Crippen LogP contribution is -2.23. The van der Waals surface area contributed by atoms with Crippen molar-refractivity contribution in [3.05, 3.63) is 87.2 Å². The molecule has 2 aromatic carbocycles. The van der Waals surface area contributed by atoms with Crippen LogP contribution in [-0.4, -0.2) is 9.78 Å². The first-order valence-electron chi connectivity index (χ1n) is 7.75. The van der Waals surface area contributed by atoms with E-state index in [9.17, 15) is 4.79 Å². The minimum Gasteiger partial charge on any atom is -0.268 e. The van der Waals surface area contributed by atoms with Crippen molar-refractivity contribution in [3.8, 4) is 11.3 Å². The van der Waals surface area contributed by atoms with Gasteiger partial charge in [-0.15, -0.1) is 0 Å². The third-order valence-corrected chi connectivity index (χ3v) is 4.11. The lowest BCUT2D eigenvalue weighted by molar-refractivity contribution is 0.640. The van der Waals surface area contributed by atoms with Gasteiger partial charge in [0.15, 0.2) is 0 Å². The van der Waals surface area contributed by atoms with Gasteiger partial charge in [-0.1, -0.05) is 48.0 Å². The van der Waals surface area contributed by atoms with E-state index >= 15 is 0 Å². The smallest absolute Gasteiger partial charge is 0.267 e. The average molecular weight is 304 g/mol. The Balaban J connectivity index is 2.03. The highest BCUT2D eigenvalue weighted by atomic mass is 16.1. The first-order valence-corrected chi connectivity index (χ1v) is 7.75. The van der Waals surface area contributed by atoms with Crippen molar-refractivity contribution < 1.29 is 0 Å². The summed E-state index contributed by atoms with van der Waals surface area (Å²) in [6.07, 6.45) is 0. The third kappa shape index (κ3) is 3.24. The summed E-state index contributed by atoms with van der Waals surface area (Å²) in [5, 5.41) is 4.57. The first kappa shape index (κ1) is 15.2. The Morgan fingerprint density at radius 2 is 1.70 bits per heavy atom. The molecular formula is C20H20N2O. The van der Waals surface area contributed by atoms with Crippen molar-refractivity contribution in [1.29, 1.82) is 0 Å². The minimum atomic E-state index is -0.0803. The lowest BCUT2D eigenvalue weighted by atomic mass is 10.1. The van der Waals surface area contributed by atoms with Gasteiger partial charge in [0.25, 0.3) is 5.56 Å². The van der Waals surface area contributed by atoms with Crippen LogP contribution in [0.2, 0.25) is 0 Å². The molecule has 3 aromatic rings. The van der Waals surface area contributed by atoms with E-state index in [1.54, 1.807) is 16.8 Å². The predicted molar refractivity (Wildman–Crippen MR) is 93.7 cm³/mol. The van der Waals surface area contributed by atoms with Gasteiger partial charge in [0, 0.05) is 11.6 Å². The summed E-state index contributed by atoms with van der Waals surface area (Å²) in [6, 6.07) is 17.8. The number of nitrogens with zero attached hydrogens (tertiary/aromatic N) is 2. The van der Waals surface area contributed by atoms with Crippen molar-refractivity contribution in [2.24, 2.45) is 0 Å². The molecule has 0 saturated heterocycles. The maximum absolute atomic E-state index is 12.2. The van der Waals surface area contributed by atoms with Crippen molar-refractivity contribution in [2.75, 3.05) is 0 Å². The molecule has 0 aliphatic carbocycles. The molecule has 1 aromatic heterocycles. The second kappa shape index (κ2) is 6.21. The first-order chi connectivity index (χ1) is 11.0. The number of aromatic nitrogens is 2. The fourth-order valence-electron chi connectivity index (χ4n) is 2.70. The Bertz CT molecular complexity index is 910. The predicted octanol–water partition coefficient (Wildman–Crippen LogP) is 3.88. The monoisotopic (exact) mass is 304 g/mol. The molecule has 0 fully saturated rings. The van der Waals surface area contributed by atoms with E-state index in [2.05, 4.69) is 50.1 Å². The Morgan fingerprint density at radius 3 is 2.48 bits per heavy atom. The van der Waals surface area contributed by atoms with Crippen LogP contribution in [0.5, 0.6) is 0 Å². The Labute approximate surface area is 136 Å². The number of aryl methyl sites for hydroxylation is 3. The van der Waals surface area contributed by atoms with Crippen LogP contribution >= 0.6 is 0 Å².